The van der Waals surface area contributed by atoms with Crippen LogP contribution >= 0.6 is 0 Å². The zero-order valence-electron chi connectivity index (χ0n) is 31.1. The monoisotopic (exact) mass is 754 g/mol. The molecule has 2 aromatic heterocycles. The van der Waals surface area contributed by atoms with Gasteiger partial charge in [0, 0.05) is 49.0 Å². The topological polar surface area (TPSA) is 160 Å². The van der Waals surface area contributed by atoms with Crippen LogP contribution in [0, 0.1) is 11.3 Å². The van der Waals surface area contributed by atoms with E-state index < -0.39 is 46.5 Å². The number of anilines is 1. The predicted octanol–water partition coefficient (Wildman–Crippen LogP) is 4.04. The summed E-state index contributed by atoms with van der Waals surface area (Å²) in [5.41, 5.74) is -0.204. The molecular formula is C42H38N6O8. The first kappa shape index (κ1) is 35.0. The number of aromatic nitrogens is 5. The minimum absolute atomic E-state index is 0.0126. The fourth-order valence-corrected chi connectivity index (χ4v) is 9.28. The van der Waals surface area contributed by atoms with Crippen LogP contribution in [0.2, 0.25) is 0 Å². The highest BCUT2D eigenvalue weighted by Gasteiger charge is 2.65. The van der Waals surface area contributed by atoms with Crippen LogP contribution in [-0.4, -0.2) is 54.6 Å². The Morgan fingerprint density at radius 1 is 0.893 bits per heavy atom. The van der Waals surface area contributed by atoms with E-state index in [2.05, 4.69) is 4.98 Å². The number of carbonyl (C=O) groups is 2. The number of amides is 2. The van der Waals surface area contributed by atoms with Crippen LogP contribution in [0.1, 0.15) is 36.6 Å². The number of imide groups is 1. The third kappa shape index (κ3) is 4.80. The molecule has 4 atom stereocenters. The summed E-state index contributed by atoms with van der Waals surface area (Å²) in [5, 5.41) is 13.3. The summed E-state index contributed by atoms with van der Waals surface area (Å²) in [6.45, 7) is 1.65. The molecule has 2 amide bonds. The molecule has 1 N–H and O–H groups in total. The Morgan fingerprint density at radius 3 is 2.36 bits per heavy atom. The highest BCUT2D eigenvalue weighted by Crippen LogP contribution is 2.62. The number of nitrogens with zero attached hydrogens (tertiary/aromatic N) is 6. The van der Waals surface area contributed by atoms with Gasteiger partial charge >= 0.3 is 11.4 Å². The molecule has 284 valence electrons. The van der Waals surface area contributed by atoms with Crippen molar-refractivity contribution >= 4 is 39.3 Å². The van der Waals surface area contributed by atoms with Crippen molar-refractivity contribution < 1.29 is 24.2 Å². The molecule has 1 saturated carbocycles. The van der Waals surface area contributed by atoms with Gasteiger partial charge in [-0.2, -0.15) is 0 Å². The van der Waals surface area contributed by atoms with Gasteiger partial charge in [0.1, 0.15) is 11.4 Å². The summed E-state index contributed by atoms with van der Waals surface area (Å²) in [6, 6.07) is 22.3. The van der Waals surface area contributed by atoms with Crippen molar-refractivity contribution in [3.05, 3.63) is 133 Å². The molecule has 9 rings (SSSR count). The van der Waals surface area contributed by atoms with Crippen LogP contribution < -0.4 is 31.3 Å². The van der Waals surface area contributed by atoms with Gasteiger partial charge in [-0.05, 0) is 36.4 Å². The molecule has 14 heteroatoms. The number of hydrogen-bond donors (Lipinski definition) is 1. The van der Waals surface area contributed by atoms with Crippen LogP contribution in [0.25, 0.3) is 21.8 Å². The van der Waals surface area contributed by atoms with Gasteiger partial charge in [0.2, 0.25) is 11.8 Å². The lowest BCUT2D eigenvalue weighted by atomic mass is 9.56. The number of phenolic OH excluding ortho intramolecular Hbond substituents is 1. The van der Waals surface area contributed by atoms with Gasteiger partial charge in [-0.1, -0.05) is 60.7 Å². The lowest BCUT2D eigenvalue weighted by Gasteiger charge is -2.47. The summed E-state index contributed by atoms with van der Waals surface area (Å²) in [6.07, 6.45) is 1.90. The fraction of sp³-hybridized carbons (Fsp3) is 0.286. The molecule has 0 radical (unpaired) electrons. The second-order valence-corrected chi connectivity index (χ2v) is 14.8. The van der Waals surface area contributed by atoms with Crippen LogP contribution in [0.5, 0.6) is 17.2 Å². The maximum atomic E-state index is 14.7. The zero-order chi connectivity index (χ0) is 39.2. The summed E-state index contributed by atoms with van der Waals surface area (Å²) >= 11 is 0. The third-order valence-electron chi connectivity index (χ3n) is 12.1. The van der Waals surface area contributed by atoms with E-state index in [0.717, 1.165) is 9.95 Å². The number of para-hydroxylation sites is 1. The first-order valence-electron chi connectivity index (χ1n) is 18.4. The second kappa shape index (κ2) is 12.7. The van der Waals surface area contributed by atoms with Crippen LogP contribution in [0.4, 0.5) is 5.69 Å². The van der Waals surface area contributed by atoms with Crippen molar-refractivity contribution in [1.82, 2.24) is 23.5 Å². The quantitative estimate of drug-likeness (QED) is 0.188. The summed E-state index contributed by atoms with van der Waals surface area (Å²) in [4.78, 5) is 76.9. The van der Waals surface area contributed by atoms with Crippen molar-refractivity contribution in [2.75, 3.05) is 19.1 Å². The Morgan fingerprint density at radius 2 is 1.61 bits per heavy atom. The van der Waals surface area contributed by atoms with E-state index in [9.17, 15) is 29.1 Å². The molecule has 0 spiro atoms. The second-order valence-electron chi connectivity index (χ2n) is 14.8. The highest BCUT2D eigenvalue weighted by atomic mass is 16.5. The summed E-state index contributed by atoms with van der Waals surface area (Å²) in [7, 11) is 4.61. The highest BCUT2D eigenvalue weighted by molar-refractivity contribution is 6.24. The Bertz CT molecular complexity index is 2870. The van der Waals surface area contributed by atoms with E-state index in [1.807, 2.05) is 30.3 Å². The fourth-order valence-electron chi connectivity index (χ4n) is 9.28. The molecule has 0 unspecified atom stereocenters. The predicted molar refractivity (Wildman–Crippen MR) is 207 cm³/mol. The SMILES string of the molecule is COc1cc2nc(CCn3c(=O)n4n(c3=O)[C@@H]3C[C@H]5C(=O)N(c6ccccc6)C(=O)[C@@]5(C)[C@@H](c5ccc6ccccc6c5O)C3=CC4)c(=O)n(C)c2cc1OC. The van der Waals surface area contributed by atoms with Crippen molar-refractivity contribution in [1.29, 1.82) is 0 Å². The maximum absolute atomic E-state index is 14.7. The normalized spacial score (nSPS) is 21.5. The number of benzene rings is 4. The van der Waals surface area contributed by atoms with E-state index in [0.29, 0.717) is 44.7 Å². The van der Waals surface area contributed by atoms with Gasteiger partial charge in [-0.15, -0.1) is 0 Å². The lowest BCUT2D eigenvalue weighted by molar-refractivity contribution is -0.129. The average molecular weight is 755 g/mol. The summed E-state index contributed by atoms with van der Waals surface area (Å²) in [5.74, 6) is -1.67. The Hall–Kier alpha value is -6.70. The minimum Gasteiger partial charge on any atom is -0.507 e. The van der Waals surface area contributed by atoms with Crippen LogP contribution in [0.15, 0.2) is 105 Å². The van der Waals surface area contributed by atoms with Crippen molar-refractivity contribution in [3.8, 4) is 17.2 Å². The van der Waals surface area contributed by atoms with E-state index >= 15 is 0 Å². The lowest BCUT2D eigenvalue weighted by Crippen LogP contribution is -2.49. The zero-order valence-corrected chi connectivity index (χ0v) is 31.1. The number of aromatic hydroxyl groups is 1. The van der Waals surface area contributed by atoms with E-state index in [4.69, 9.17) is 9.47 Å². The maximum Gasteiger partial charge on any atom is 0.347 e. The van der Waals surface area contributed by atoms with Crippen molar-refractivity contribution in [2.24, 2.45) is 18.4 Å². The molecule has 1 aliphatic carbocycles. The Balaban J connectivity index is 1.15. The molecule has 2 aliphatic heterocycles. The van der Waals surface area contributed by atoms with Crippen molar-refractivity contribution in [3.63, 3.8) is 0 Å². The number of rotatable bonds is 7. The van der Waals surface area contributed by atoms with Gasteiger partial charge in [0.25, 0.3) is 5.56 Å². The molecule has 14 nitrogen and oxygen atoms in total. The van der Waals surface area contributed by atoms with Gasteiger partial charge in [0.05, 0.1) is 54.9 Å². The summed E-state index contributed by atoms with van der Waals surface area (Å²) < 4.78 is 16.1. The molecule has 6 aromatic rings. The molecule has 0 bridgehead atoms. The van der Waals surface area contributed by atoms with E-state index in [1.54, 1.807) is 68.6 Å². The van der Waals surface area contributed by atoms with E-state index in [-0.39, 0.29) is 42.9 Å². The average Bonchev–Trinajstić information content (AvgIpc) is 3.57. The van der Waals surface area contributed by atoms with Crippen molar-refractivity contribution in [2.45, 2.75) is 44.8 Å². The smallest absolute Gasteiger partial charge is 0.347 e. The van der Waals surface area contributed by atoms with Gasteiger partial charge < -0.3 is 19.1 Å². The Labute approximate surface area is 319 Å². The first-order valence-corrected chi connectivity index (χ1v) is 18.4. The third-order valence-corrected chi connectivity index (χ3v) is 12.1. The van der Waals surface area contributed by atoms with Gasteiger partial charge in [-0.3, -0.25) is 14.4 Å². The largest absolute Gasteiger partial charge is 0.507 e. The number of aryl methyl sites for hydroxylation is 2. The number of carbonyl (C=O) groups excluding carboxylic acids is 2. The van der Waals surface area contributed by atoms with E-state index in [1.165, 1.54) is 33.1 Å². The van der Waals surface area contributed by atoms with Gasteiger partial charge in [-0.25, -0.2) is 33.4 Å². The number of methoxy groups -OCH3 is 2. The molecule has 2 fully saturated rings. The van der Waals surface area contributed by atoms with Crippen LogP contribution in [-0.2, 0) is 36.1 Å². The molecule has 1 saturated heterocycles. The molecule has 56 heavy (non-hydrogen) atoms. The Kier molecular flexibility index (Phi) is 7.93. The number of allylic oxidation sites excluding steroid dienone is 2. The molecule has 4 heterocycles. The first-order chi connectivity index (χ1) is 27.0. The molecular weight excluding hydrogens is 716 g/mol. The molecule has 4 aromatic carbocycles. The van der Waals surface area contributed by atoms with Gasteiger partial charge in [0.15, 0.2) is 11.5 Å². The number of ether oxygens (including phenoxy) is 2. The van der Waals surface area contributed by atoms with Crippen LogP contribution in [0.3, 0.4) is 0 Å². The molecule has 3 aliphatic rings. The standard InChI is InChI=1S/C42H38N6O8/c1-42-28(37(50)47(39(42)52)24-11-6-5-7-12-24)20-31-26(35(42)27-15-14-23-10-8-9-13-25(23)36(27)49)16-19-46-40(53)45(41(54)48(31)46)18-17-29-38(51)44(2)32-22-34(56-4)33(55-3)21-30(32)43-29/h5-16,21-22,28,31,35,49H,17-20H2,1-4H3/t28-,31+,35+,42+/m0/s1. The number of hydrogen-bond acceptors (Lipinski definition) is 9. The number of fused-ring (bicyclic) bond motifs is 6. The number of phenols is 1. The minimum atomic E-state index is -1.33.